The number of H-pyrrole nitrogens is 1. The summed E-state index contributed by atoms with van der Waals surface area (Å²) in [5, 5.41) is 17.1. The number of benzene rings is 1. The number of nitrogens with one attached hydrogen (secondary N) is 2. The smallest absolute Gasteiger partial charge is 0.261 e. The maximum atomic E-state index is 12.6. The minimum absolute atomic E-state index is 0.234. The molecule has 3 aromatic rings. The molecule has 4 rings (SSSR count). The molecule has 0 aliphatic carbocycles. The van der Waals surface area contributed by atoms with Gasteiger partial charge >= 0.3 is 0 Å². The highest BCUT2D eigenvalue weighted by Crippen LogP contribution is 2.32. The molecule has 0 radical (unpaired) electrons. The highest BCUT2D eigenvalue weighted by molar-refractivity contribution is 7.92. The fourth-order valence-electron chi connectivity index (χ4n) is 3.69. The Balaban J connectivity index is 1.74. The van der Waals surface area contributed by atoms with Crippen LogP contribution >= 0.6 is 0 Å². The zero-order chi connectivity index (χ0) is 22.2. The number of fused-ring (bicyclic) bond motifs is 1. The molecule has 1 aromatic carbocycles. The predicted octanol–water partition coefficient (Wildman–Crippen LogP) is 2.75. The summed E-state index contributed by atoms with van der Waals surface area (Å²) in [7, 11) is -3.37. The van der Waals surface area contributed by atoms with E-state index in [1.54, 1.807) is 42.9 Å². The molecule has 1 saturated heterocycles. The summed E-state index contributed by atoms with van der Waals surface area (Å²) in [4.78, 5) is 15.5. The van der Waals surface area contributed by atoms with Gasteiger partial charge in [-0.3, -0.25) is 9.48 Å². The molecule has 0 spiro atoms. The van der Waals surface area contributed by atoms with Crippen molar-refractivity contribution in [3.05, 3.63) is 46.9 Å². The lowest BCUT2D eigenvalue weighted by molar-refractivity contribution is 0.0359. The maximum absolute atomic E-state index is 12.6. The molecule has 0 bridgehead atoms. The van der Waals surface area contributed by atoms with Gasteiger partial charge in [0.05, 0.1) is 40.3 Å². The Morgan fingerprint density at radius 3 is 2.71 bits per heavy atom. The Morgan fingerprint density at radius 1 is 1.29 bits per heavy atom. The molecule has 2 aromatic heterocycles. The zero-order valence-corrected chi connectivity index (χ0v) is 18.0. The van der Waals surface area contributed by atoms with Crippen molar-refractivity contribution in [2.24, 2.45) is 5.92 Å². The molecule has 2 atom stereocenters. The van der Waals surface area contributed by atoms with Gasteiger partial charge in [0.2, 0.25) is 0 Å². The second kappa shape index (κ2) is 8.17. The number of aromatic amines is 1. The number of sulfone groups is 1. The topological polar surface area (TPSA) is 130 Å². The van der Waals surface area contributed by atoms with Crippen LogP contribution in [0.3, 0.4) is 0 Å². The number of hydrogen-bond donors (Lipinski definition) is 2. The van der Waals surface area contributed by atoms with E-state index < -0.39 is 15.1 Å². The third-order valence-corrected chi connectivity index (χ3v) is 7.67. The summed E-state index contributed by atoms with van der Waals surface area (Å²) in [6.45, 7) is 4.13. The average Bonchev–Trinajstić information content (AvgIpc) is 3.13. The summed E-state index contributed by atoms with van der Waals surface area (Å²) in [6.07, 6.45) is 2.14. The number of hydrogen-bond acceptors (Lipinski definition) is 7. The van der Waals surface area contributed by atoms with Gasteiger partial charge in [-0.2, -0.15) is 10.4 Å². The molecule has 3 heterocycles. The van der Waals surface area contributed by atoms with Crippen LogP contribution in [-0.2, 0) is 14.6 Å². The quantitative estimate of drug-likeness (QED) is 0.622. The second-order valence-corrected chi connectivity index (χ2v) is 10.3. The van der Waals surface area contributed by atoms with Crippen LogP contribution in [-0.4, -0.2) is 41.6 Å². The van der Waals surface area contributed by atoms with E-state index in [2.05, 4.69) is 21.5 Å². The van der Waals surface area contributed by atoms with Crippen molar-refractivity contribution < 1.29 is 13.2 Å². The van der Waals surface area contributed by atoms with Crippen LogP contribution in [0.15, 0.2) is 46.2 Å². The van der Waals surface area contributed by atoms with Crippen molar-refractivity contribution in [3.63, 3.8) is 0 Å². The number of pyridine rings is 1. The Labute approximate surface area is 179 Å². The molecule has 162 valence electrons. The van der Waals surface area contributed by atoms with Gasteiger partial charge in [-0.25, -0.2) is 8.42 Å². The third-order valence-electron chi connectivity index (χ3n) is 5.50. The van der Waals surface area contributed by atoms with Gasteiger partial charge in [-0.1, -0.05) is 0 Å². The average molecular weight is 442 g/mol. The van der Waals surface area contributed by atoms with E-state index in [1.165, 1.54) is 12.1 Å². The number of rotatable bonds is 5. The first-order valence-corrected chi connectivity index (χ1v) is 11.6. The van der Waals surface area contributed by atoms with E-state index in [9.17, 15) is 18.5 Å². The minimum Gasteiger partial charge on any atom is -0.379 e. The van der Waals surface area contributed by atoms with Crippen LogP contribution in [0.1, 0.15) is 26.3 Å². The van der Waals surface area contributed by atoms with Crippen molar-refractivity contribution in [1.29, 1.82) is 5.26 Å². The molecule has 1 fully saturated rings. The second-order valence-electron chi connectivity index (χ2n) is 7.77. The van der Waals surface area contributed by atoms with E-state index >= 15 is 0 Å². The van der Waals surface area contributed by atoms with Crippen LogP contribution in [0.2, 0.25) is 0 Å². The first-order valence-electron chi connectivity index (χ1n) is 10.0. The summed E-state index contributed by atoms with van der Waals surface area (Å²) >= 11 is 0. The number of aromatic nitrogens is 3. The summed E-state index contributed by atoms with van der Waals surface area (Å²) in [6, 6.07) is 10.1. The lowest BCUT2D eigenvalue weighted by atomic mass is 9.96. The Hall–Kier alpha value is -3.16. The van der Waals surface area contributed by atoms with Gasteiger partial charge in [-0.05, 0) is 50.6 Å². The van der Waals surface area contributed by atoms with Crippen LogP contribution in [0, 0.1) is 17.2 Å². The maximum Gasteiger partial charge on any atom is 0.261 e. The Bertz CT molecular complexity index is 1300. The van der Waals surface area contributed by atoms with E-state index in [0.717, 1.165) is 0 Å². The highest BCUT2D eigenvalue weighted by Gasteiger charge is 2.30. The van der Waals surface area contributed by atoms with E-state index in [-0.39, 0.29) is 22.4 Å². The van der Waals surface area contributed by atoms with Crippen LogP contribution in [0.4, 0.5) is 11.5 Å². The van der Waals surface area contributed by atoms with E-state index in [0.29, 0.717) is 42.0 Å². The Kier molecular flexibility index (Phi) is 5.56. The summed E-state index contributed by atoms with van der Waals surface area (Å²) in [5.74, 6) is 0.0584. The molecule has 0 amide bonds. The van der Waals surface area contributed by atoms with Gasteiger partial charge < -0.3 is 15.0 Å². The minimum atomic E-state index is -3.37. The van der Waals surface area contributed by atoms with E-state index in [4.69, 9.17) is 4.74 Å². The van der Waals surface area contributed by atoms with Crippen LogP contribution in [0.5, 0.6) is 0 Å². The zero-order valence-electron chi connectivity index (χ0n) is 17.2. The monoisotopic (exact) mass is 441 g/mol. The molecule has 1 aliphatic heterocycles. The van der Waals surface area contributed by atoms with Crippen molar-refractivity contribution in [2.75, 3.05) is 18.5 Å². The molecule has 1 aliphatic rings. The molecule has 2 unspecified atom stereocenters. The summed E-state index contributed by atoms with van der Waals surface area (Å²) in [5.41, 5.74) is 0.880. The number of anilines is 2. The largest absolute Gasteiger partial charge is 0.379 e. The van der Waals surface area contributed by atoms with Gasteiger partial charge in [0.25, 0.3) is 5.56 Å². The van der Waals surface area contributed by atoms with Crippen LogP contribution in [0.25, 0.3) is 10.9 Å². The molecule has 0 saturated carbocycles. The molecule has 31 heavy (non-hydrogen) atoms. The number of nitrogens with zero attached hydrogens (tertiary/aromatic N) is 3. The highest BCUT2D eigenvalue weighted by atomic mass is 32.2. The standard InChI is InChI=1S/C21H23N5O4S/c1-13(2)31(28,29)16-5-3-15(4-6-16)24-20-19-17(7-9-23-21(19)27)26(25-20)18-12-30-10-8-14(18)11-22/h3-7,9,13-14,18H,8,10,12H2,1-2H3,(H,23,27)(H,24,25). The number of ether oxygens (including phenoxy) is 1. The van der Waals surface area contributed by atoms with Crippen molar-refractivity contribution in [1.82, 2.24) is 14.8 Å². The van der Waals surface area contributed by atoms with Gasteiger partial charge in [0.15, 0.2) is 15.7 Å². The van der Waals surface area contributed by atoms with E-state index in [1.807, 2.05) is 0 Å². The van der Waals surface area contributed by atoms with Gasteiger partial charge in [0, 0.05) is 18.5 Å². The lowest BCUT2D eigenvalue weighted by Crippen LogP contribution is -2.30. The molecular weight excluding hydrogens is 418 g/mol. The normalized spacial score (nSPS) is 19.4. The predicted molar refractivity (Wildman–Crippen MR) is 116 cm³/mol. The van der Waals surface area contributed by atoms with Gasteiger partial charge in [-0.15, -0.1) is 0 Å². The molecule has 9 nitrogen and oxygen atoms in total. The molecular formula is C21H23N5O4S. The first kappa shape index (κ1) is 21.1. The fourth-order valence-corrected chi connectivity index (χ4v) is 4.75. The molecule has 10 heteroatoms. The number of nitriles is 1. The lowest BCUT2D eigenvalue weighted by Gasteiger charge is -2.27. The SMILES string of the molecule is CC(C)S(=O)(=O)c1ccc(Nc2nn(C3COCCC3C#N)c3cc[nH]c(=O)c23)cc1. The third kappa shape index (κ3) is 3.82. The Morgan fingerprint density at radius 2 is 2.03 bits per heavy atom. The van der Waals surface area contributed by atoms with Crippen molar-refractivity contribution in [3.8, 4) is 6.07 Å². The fraction of sp³-hybridized carbons (Fsp3) is 0.381. The van der Waals surface area contributed by atoms with Crippen molar-refractivity contribution >= 4 is 32.2 Å². The van der Waals surface area contributed by atoms with Crippen LogP contribution < -0.4 is 10.9 Å². The summed E-state index contributed by atoms with van der Waals surface area (Å²) < 4.78 is 31.9. The van der Waals surface area contributed by atoms with Crippen molar-refractivity contribution in [2.45, 2.75) is 36.5 Å². The molecule has 2 N–H and O–H groups in total. The van der Waals surface area contributed by atoms with Gasteiger partial charge in [0.1, 0.15) is 5.39 Å². The first-order chi connectivity index (χ1) is 14.8.